The molecular formula is C28H29BrN4O8. The van der Waals surface area contributed by atoms with Gasteiger partial charge in [0.25, 0.3) is 5.91 Å². The largest absolute Gasteiger partial charge is 0.493 e. The van der Waals surface area contributed by atoms with Crippen LogP contribution in [0.5, 0.6) is 23.0 Å². The molecule has 0 bridgehead atoms. The average Bonchev–Trinajstić information content (AvgIpc) is 2.95. The maximum Gasteiger partial charge on any atom is 0.338 e. The SMILES string of the molecule is C#CCOc1cc(Br)c(/C=N\NC(=O)COc2ccc([C@@H]3NC(=O)NC(C)=C3C(=O)OCC)cc2OC)cc1OC. The van der Waals surface area contributed by atoms with Crippen LogP contribution in [0.4, 0.5) is 4.79 Å². The Morgan fingerprint density at radius 2 is 1.85 bits per heavy atom. The molecule has 0 aliphatic carbocycles. The van der Waals surface area contributed by atoms with Crippen LogP contribution in [0.3, 0.4) is 0 Å². The van der Waals surface area contributed by atoms with Crippen LogP contribution in [0.2, 0.25) is 0 Å². The van der Waals surface area contributed by atoms with E-state index >= 15 is 0 Å². The third-order valence-electron chi connectivity index (χ3n) is 5.63. The van der Waals surface area contributed by atoms with Gasteiger partial charge in [-0.3, -0.25) is 4.79 Å². The lowest BCUT2D eigenvalue weighted by Gasteiger charge is -2.28. The molecule has 0 radical (unpaired) electrons. The molecule has 2 aromatic carbocycles. The van der Waals surface area contributed by atoms with Crippen molar-refractivity contribution in [1.82, 2.24) is 16.1 Å². The number of rotatable bonds is 12. The monoisotopic (exact) mass is 628 g/mol. The van der Waals surface area contributed by atoms with E-state index < -0.39 is 23.9 Å². The number of carbonyl (C=O) groups excluding carboxylic acids is 3. The first-order chi connectivity index (χ1) is 19.7. The summed E-state index contributed by atoms with van der Waals surface area (Å²) in [6, 6.07) is 6.94. The predicted molar refractivity (Wildman–Crippen MR) is 153 cm³/mol. The van der Waals surface area contributed by atoms with Gasteiger partial charge >= 0.3 is 12.0 Å². The van der Waals surface area contributed by atoms with Gasteiger partial charge in [-0.2, -0.15) is 5.10 Å². The van der Waals surface area contributed by atoms with E-state index in [0.29, 0.717) is 32.8 Å². The van der Waals surface area contributed by atoms with Crippen molar-refractivity contribution in [3.8, 4) is 35.3 Å². The molecule has 13 heteroatoms. The highest BCUT2D eigenvalue weighted by Gasteiger charge is 2.32. The van der Waals surface area contributed by atoms with Crippen LogP contribution >= 0.6 is 15.9 Å². The van der Waals surface area contributed by atoms with Crippen molar-refractivity contribution in [3.63, 3.8) is 0 Å². The Labute approximate surface area is 245 Å². The van der Waals surface area contributed by atoms with Gasteiger partial charge in [0.1, 0.15) is 6.61 Å². The van der Waals surface area contributed by atoms with Crippen LogP contribution in [-0.2, 0) is 14.3 Å². The van der Waals surface area contributed by atoms with E-state index in [9.17, 15) is 14.4 Å². The van der Waals surface area contributed by atoms with Crippen molar-refractivity contribution in [3.05, 3.63) is 57.2 Å². The molecule has 0 saturated heterocycles. The number of carbonyl (C=O) groups is 3. The maximum atomic E-state index is 12.6. The lowest BCUT2D eigenvalue weighted by atomic mass is 9.95. The molecule has 1 heterocycles. The molecule has 1 atom stereocenters. The molecule has 0 fully saturated rings. The van der Waals surface area contributed by atoms with Gasteiger partial charge in [-0.1, -0.05) is 12.0 Å². The zero-order chi connectivity index (χ0) is 29.9. The number of hydrogen-bond donors (Lipinski definition) is 3. The molecule has 216 valence electrons. The number of nitrogens with one attached hydrogen (secondary N) is 3. The Balaban J connectivity index is 1.67. The Kier molecular flexibility index (Phi) is 11.0. The summed E-state index contributed by atoms with van der Waals surface area (Å²) in [4.78, 5) is 37.1. The second kappa shape index (κ2) is 14.6. The third-order valence-corrected chi connectivity index (χ3v) is 6.32. The smallest absolute Gasteiger partial charge is 0.338 e. The van der Waals surface area contributed by atoms with E-state index in [1.54, 1.807) is 44.2 Å². The molecule has 0 spiro atoms. The first kappa shape index (κ1) is 30.8. The quantitative estimate of drug-likeness (QED) is 0.141. The Hall–Kier alpha value is -4.70. The first-order valence-electron chi connectivity index (χ1n) is 12.2. The fourth-order valence-corrected chi connectivity index (χ4v) is 4.22. The number of terminal acetylenes is 1. The zero-order valence-corrected chi connectivity index (χ0v) is 24.4. The number of urea groups is 1. The van der Waals surface area contributed by atoms with Crippen molar-refractivity contribution < 1.29 is 38.1 Å². The van der Waals surface area contributed by atoms with Gasteiger partial charge in [-0.15, -0.1) is 6.42 Å². The summed E-state index contributed by atoms with van der Waals surface area (Å²) < 4.78 is 27.6. The summed E-state index contributed by atoms with van der Waals surface area (Å²) in [5, 5.41) is 9.27. The molecule has 0 aromatic heterocycles. The summed E-state index contributed by atoms with van der Waals surface area (Å²) >= 11 is 3.42. The number of nitrogens with zero attached hydrogens (tertiary/aromatic N) is 1. The van der Waals surface area contributed by atoms with E-state index in [2.05, 4.69) is 43.0 Å². The summed E-state index contributed by atoms with van der Waals surface area (Å²) in [6.45, 7) is 3.21. The number of allylic oxidation sites excluding steroid dienone is 1. The lowest BCUT2D eigenvalue weighted by Crippen LogP contribution is -2.45. The number of amides is 3. The highest BCUT2D eigenvalue weighted by Crippen LogP contribution is 2.35. The van der Waals surface area contributed by atoms with Gasteiger partial charge in [0.2, 0.25) is 0 Å². The van der Waals surface area contributed by atoms with Gasteiger partial charge in [0.15, 0.2) is 29.6 Å². The van der Waals surface area contributed by atoms with Crippen molar-refractivity contribution >= 4 is 40.1 Å². The van der Waals surface area contributed by atoms with Crippen molar-refractivity contribution in [2.75, 3.05) is 34.0 Å². The molecule has 0 unspecified atom stereocenters. The molecule has 0 saturated carbocycles. The van der Waals surface area contributed by atoms with Crippen LogP contribution in [-0.4, -0.2) is 58.2 Å². The minimum Gasteiger partial charge on any atom is -0.493 e. The van der Waals surface area contributed by atoms with Crippen LogP contribution in [0, 0.1) is 12.3 Å². The average molecular weight is 629 g/mol. The second-order valence-electron chi connectivity index (χ2n) is 8.30. The molecule has 2 aromatic rings. The fourth-order valence-electron chi connectivity index (χ4n) is 3.80. The molecule has 12 nitrogen and oxygen atoms in total. The number of halogens is 1. The van der Waals surface area contributed by atoms with E-state index in [4.69, 9.17) is 30.1 Å². The van der Waals surface area contributed by atoms with E-state index in [0.717, 1.165) is 0 Å². The highest BCUT2D eigenvalue weighted by molar-refractivity contribution is 9.10. The fraction of sp³-hybridized carbons (Fsp3) is 0.286. The van der Waals surface area contributed by atoms with E-state index in [-0.39, 0.29) is 36.9 Å². The van der Waals surface area contributed by atoms with Gasteiger partial charge in [-0.25, -0.2) is 15.0 Å². The highest BCUT2D eigenvalue weighted by atomic mass is 79.9. The number of esters is 1. The van der Waals surface area contributed by atoms with E-state index in [1.807, 2.05) is 0 Å². The predicted octanol–water partition coefficient (Wildman–Crippen LogP) is 3.20. The van der Waals surface area contributed by atoms with Crippen molar-refractivity contribution in [1.29, 1.82) is 0 Å². The second-order valence-corrected chi connectivity index (χ2v) is 9.15. The third kappa shape index (κ3) is 7.92. The standard InChI is InChI=1S/C28H29BrN4O8/c1-6-10-40-23-13-19(29)18(12-22(23)38-5)14-30-33-24(34)15-41-20-9-8-17(11-21(20)37-4)26-25(27(35)39-7-2)16(3)31-28(36)32-26/h1,8-9,11-14,26H,7,10,15H2,2-5H3,(H,33,34)(H2,31,32,36)/b30-14-/t26-/m0/s1. The zero-order valence-electron chi connectivity index (χ0n) is 22.8. The summed E-state index contributed by atoms with van der Waals surface area (Å²) in [5.41, 5.74) is 4.20. The normalized spacial score (nSPS) is 14.4. The summed E-state index contributed by atoms with van der Waals surface area (Å²) in [6.07, 6.45) is 6.67. The minimum atomic E-state index is -0.778. The molecular weight excluding hydrogens is 600 g/mol. The number of hydrogen-bond acceptors (Lipinski definition) is 9. The lowest BCUT2D eigenvalue weighted by molar-refractivity contribution is -0.139. The van der Waals surface area contributed by atoms with Crippen LogP contribution in [0.15, 0.2) is 51.2 Å². The number of methoxy groups -OCH3 is 2. The van der Waals surface area contributed by atoms with Gasteiger partial charge in [0.05, 0.1) is 38.7 Å². The Bertz CT molecular complexity index is 1420. The summed E-state index contributed by atoms with van der Waals surface area (Å²) in [5.74, 6) is 2.76. The van der Waals surface area contributed by atoms with Gasteiger partial charge in [-0.05, 0) is 59.6 Å². The van der Waals surface area contributed by atoms with Crippen LogP contribution in [0.25, 0.3) is 0 Å². The molecule has 3 N–H and O–H groups in total. The van der Waals surface area contributed by atoms with Crippen molar-refractivity contribution in [2.45, 2.75) is 19.9 Å². The minimum absolute atomic E-state index is 0.0831. The first-order valence-corrected chi connectivity index (χ1v) is 13.0. The van der Waals surface area contributed by atoms with E-state index in [1.165, 1.54) is 20.4 Å². The Morgan fingerprint density at radius 3 is 2.54 bits per heavy atom. The maximum absolute atomic E-state index is 12.6. The number of ether oxygens (including phenoxy) is 5. The number of benzene rings is 2. The van der Waals surface area contributed by atoms with Crippen molar-refractivity contribution in [2.24, 2.45) is 5.10 Å². The Morgan fingerprint density at radius 1 is 1.12 bits per heavy atom. The number of hydrazone groups is 1. The topological polar surface area (TPSA) is 146 Å². The summed E-state index contributed by atoms with van der Waals surface area (Å²) in [7, 11) is 2.92. The molecule has 3 amide bonds. The molecule has 41 heavy (non-hydrogen) atoms. The van der Waals surface area contributed by atoms with Crippen LogP contribution < -0.4 is 35.0 Å². The van der Waals surface area contributed by atoms with Gasteiger partial charge < -0.3 is 34.3 Å². The molecule has 1 aliphatic heterocycles. The molecule has 3 rings (SSSR count). The van der Waals surface area contributed by atoms with Gasteiger partial charge in [0, 0.05) is 15.7 Å². The van der Waals surface area contributed by atoms with Crippen LogP contribution in [0.1, 0.15) is 31.0 Å². The molecule has 1 aliphatic rings.